The third-order valence-corrected chi connectivity index (χ3v) is 1.20. The number of hydrogen-bond donors (Lipinski definition) is 1. The largest absolute Gasteiger partial charge is 0.353 e. The minimum atomic E-state index is 0.510. The molecule has 0 bridgehead atoms. The minimum Gasteiger partial charge on any atom is -0.353 e. The molecule has 3 heteroatoms. The van der Waals surface area contributed by atoms with Crippen molar-refractivity contribution in [3.05, 3.63) is 12.2 Å². The highest BCUT2D eigenvalue weighted by molar-refractivity contribution is 5.97. The Morgan fingerprint density at radius 1 is 1.64 bits per heavy atom. The van der Waals surface area contributed by atoms with Crippen LogP contribution in [0.25, 0.3) is 0 Å². The molecule has 0 atom stereocenters. The molecule has 0 saturated carbocycles. The lowest BCUT2D eigenvalue weighted by atomic mass is 10.3. The van der Waals surface area contributed by atoms with Crippen LogP contribution in [0.1, 0.15) is 13.3 Å². The lowest BCUT2D eigenvalue weighted by molar-refractivity contribution is -0.109. The zero-order valence-electron chi connectivity index (χ0n) is 7.00. The van der Waals surface area contributed by atoms with E-state index in [1.165, 1.54) is 0 Å². The molecule has 0 aromatic carbocycles. The molecule has 0 radical (unpaired) electrons. The maximum absolute atomic E-state index is 9.91. The number of amides is 1. The molecule has 0 spiro atoms. The average molecular weight is 154 g/mol. The second kappa shape index (κ2) is 6.99. The van der Waals surface area contributed by atoms with E-state index in [9.17, 15) is 4.79 Å². The van der Waals surface area contributed by atoms with Crippen LogP contribution in [0.5, 0.6) is 0 Å². The zero-order valence-corrected chi connectivity index (χ0v) is 7.00. The van der Waals surface area contributed by atoms with Crippen molar-refractivity contribution in [2.45, 2.75) is 13.3 Å². The first-order chi connectivity index (χ1) is 5.35. The van der Waals surface area contributed by atoms with Crippen LogP contribution < -0.4 is 5.32 Å². The average Bonchev–Trinajstić information content (AvgIpc) is 2.05. The summed E-state index contributed by atoms with van der Waals surface area (Å²) < 4.78 is 0. The van der Waals surface area contributed by atoms with Gasteiger partial charge in [0.1, 0.15) is 0 Å². The number of carbonyl (C=O) groups excluding carboxylic acids is 1. The lowest BCUT2D eigenvalue weighted by Gasteiger charge is -1.96. The molecule has 1 N–H and O–H groups in total. The summed E-state index contributed by atoms with van der Waals surface area (Å²) in [7, 11) is 1.71. The van der Waals surface area contributed by atoms with Gasteiger partial charge in [0.05, 0.1) is 12.3 Å². The molecule has 11 heavy (non-hydrogen) atoms. The van der Waals surface area contributed by atoms with Gasteiger partial charge in [0, 0.05) is 7.05 Å². The number of allylic oxidation sites excluding steroid dienone is 1. The Bertz CT molecular complexity index is 161. The molecule has 0 aliphatic carbocycles. The van der Waals surface area contributed by atoms with Crippen molar-refractivity contribution in [3.8, 4) is 0 Å². The number of hydrogen-bond acceptors (Lipinski definition) is 2. The fourth-order valence-corrected chi connectivity index (χ4v) is 0.613. The second-order valence-corrected chi connectivity index (χ2v) is 2.02. The summed E-state index contributed by atoms with van der Waals surface area (Å²) in [4.78, 5) is 13.9. The molecular formula is C8H14N2O. The Hall–Kier alpha value is -1.12. The maximum atomic E-state index is 9.91. The van der Waals surface area contributed by atoms with E-state index in [1.807, 2.05) is 12.2 Å². The third-order valence-electron chi connectivity index (χ3n) is 1.20. The van der Waals surface area contributed by atoms with Gasteiger partial charge in [-0.15, -0.1) is 0 Å². The molecule has 0 heterocycles. The number of nitrogens with one attached hydrogen (secondary N) is 1. The van der Waals surface area contributed by atoms with Crippen LogP contribution in [0.4, 0.5) is 0 Å². The van der Waals surface area contributed by atoms with Gasteiger partial charge in [0.2, 0.25) is 6.41 Å². The summed E-state index contributed by atoms with van der Waals surface area (Å²) in [5.41, 5.74) is 0.888. The molecule has 0 unspecified atom stereocenters. The van der Waals surface area contributed by atoms with Crippen molar-refractivity contribution in [1.29, 1.82) is 0 Å². The van der Waals surface area contributed by atoms with Crippen molar-refractivity contribution in [1.82, 2.24) is 5.32 Å². The maximum Gasteiger partial charge on any atom is 0.207 e. The quantitative estimate of drug-likeness (QED) is 0.461. The number of aliphatic imine (C=N–C) groups is 1. The summed E-state index contributed by atoms with van der Waals surface area (Å²) in [5, 5.41) is 2.55. The van der Waals surface area contributed by atoms with Gasteiger partial charge in [-0.3, -0.25) is 9.79 Å². The molecule has 0 saturated heterocycles. The molecule has 62 valence electrons. The van der Waals surface area contributed by atoms with E-state index in [4.69, 9.17) is 0 Å². The van der Waals surface area contributed by atoms with Crippen molar-refractivity contribution in [2.24, 2.45) is 4.99 Å². The fourth-order valence-electron chi connectivity index (χ4n) is 0.613. The van der Waals surface area contributed by atoms with Gasteiger partial charge in [0.25, 0.3) is 0 Å². The van der Waals surface area contributed by atoms with Gasteiger partial charge in [-0.25, -0.2) is 0 Å². The van der Waals surface area contributed by atoms with Crippen LogP contribution in [-0.4, -0.2) is 25.7 Å². The molecule has 0 aromatic rings. The van der Waals surface area contributed by atoms with E-state index < -0.39 is 0 Å². The molecule has 0 aromatic heterocycles. The monoisotopic (exact) mass is 154 g/mol. The van der Waals surface area contributed by atoms with Crippen molar-refractivity contribution < 1.29 is 4.79 Å². The lowest BCUT2D eigenvalue weighted by Crippen LogP contribution is -2.19. The van der Waals surface area contributed by atoms with Gasteiger partial charge in [-0.05, 0) is 12.5 Å². The highest BCUT2D eigenvalue weighted by Gasteiger charge is 1.88. The number of rotatable bonds is 5. The van der Waals surface area contributed by atoms with Crippen molar-refractivity contribution >= 4 is 12.1 Å². The summed E-state index contributed by atoms with van der Waals surface area (Å²) in [6.07, 6.45) is 5.58. The van der Waals surface area contributed by atoms with Crippen molar-refractivity contribution in [3.63, 3.8) is 0 Å². The Labute approximate surface area is 67.2 Å². The van der Waals surface area contributed by atoms with E-state index in [0.717, 1.165) is 12.1 Å². The van der Waals surface area contributed by atoms with Crippen LogP contribution in [0.15, 0.2) is 17.1 Å². The Balaban J connectivity index is 3.77. The normalized spacial score (nSPS) is 12.0. The molecular weight excluding hydrogens is 140 g/mol. The van der Waals surface area contributed by atoms with Gasteiger partial charge in [0.15, 0.2) is 0 Å². The first-order valence-corrected chi connectivity index (χ1v) is 3.64. The second-order valence-electron chi connectivity index (χ2n) is 2.02. The molecule has 0 aliphatic heterocycles. The molecule has 0 fully saturated rings. The predicted molar refractivity (Wildman–Crippen MR) is 46.9 cm³/mol. The fraction of sp³-hybridized carbons (Fsp3) is 0.500. The van der Waals surface area contributed by atoms with Crippen LogP contribution in [0.3, 0.4) is 0 Å². The molecule has 0 aliphatic rings. The van der Waals surface area contributed by atoms with Crippen molar-refractivity contribution in [2.75, 3.05) is 13.6 Å². The SMILES string of the molecule is CC/C=C\C(CNC=O)=NC. The van der Waals surface area contributed by atoms with Crippen LogP contribution in [0.2, 0.25) is 0 Å². The highest BCUT2D eigenvalue weighted by Crippen LogP contribution is 1.83. The van der Waals surface area contributed by atoms with Gasteiger partial charge in [-0.2, -0.15) is 0 Å². The topological polar surface area (TPSA) is 41.5 Å². The summed E-state index contributed by atoms with van der Waals surface area (Å²) >= 11 is 0. The first kappa shape index (κ1) is 9.88. The van der Waals surface area contributed by atoms with Gasteiger partial charge < -0.3 is 5.32 Å². The molecule has 0 rings (SSSR count). The Morgan fingerprint density at radius 3 is 2.82 bits per heavy atom. The molecule has 1 amide bonds. The summed E-state index contributed by atoms with van der Waals surface area (Å²) in [6, 6.07) is 0. The van der Waals surface area contributed by atoms with Crippen LogP contribution >= 0.6 is 0 Å². The smallest absolute Gasteiger partial charge is 0.207 e. The summed E-state index contributed by atoms with van der Waals surface area (Å²) in [6.45, 7) is 2.56. The van der Waals surface area contributed by atoms with E-state index >= 15 is 0 Å². The summed E-state index contributed by atoms with van der Waals surface area (Å²) in [5.74, 6) is 0. The van der Waals surface area contributed by atoms with E-state index in [1.54, 1.807) is 7.05 Å². The predicted octanol–water partition coefficient (Wildman–Crippen LogP) is 0.769. The number of nitrogens with zero attached hydrogens (tertiary/aromatic N) is 1. The standard InChI is InChI=1S/C8H14N2O/c1-3-4-5-8(9-2)6-10-7-11/h4-5,7H,3,6H2,1-2H3,(H,10,11)/b5-4-,9-8?. The van der Waals surface area contributed by atoms with Gasteiger partial charge in [-0.1, -0.05) is 13.0 Å². The zero-order chi connectivity index (χ0) is 8.53. The minimum absolute atomic E-state index is 0.510. The van der Waals surface area contributed by atoms with E-state index in [-0.39, 0.29) is 0 Å². The van der Waals surface area contributed by atoms with E-state index in [2.05, 4.69) is 17.2 Å². The van der Waals surface area contributed by atoms with Gasteiger partial charge >= 0.3 is 0 Å². The molecule has 3 nitrogen and oxygen atoms in total. The van der Waals surface area contributed by atoms with Crippen LogP contribution in [0, 0.1) is 0 Å². The Kier molecular flexibility index (Phi) is 6.28. The van der Waals surface area contributed by atoms with Crippen LogP contribution in [-0.2, 0) is 4.79 Å². The highest BCUT2D eigenvalue weighted by atomic mass is 16.1. The Morgan fingerprint density at radius 2 is 2.36 bits per heavy atom. The number of carbonyl (C=O) groups is 1. The van der Waals surface area contributed by atoms with E-state index in [0.29, 0.717) is 13.0 Å². The third kappa shape index (κ3) is 5.33. The first-order valence-electron chi connectivity index (χ1n) is 3.64.